The van der Waals surface area contributed by atoms with Crippen molar-refractivity contribution in [2.75, 3.05) is 25.5 Å². The van der Waals surface area contributed by atoms with E-state index in [1.54, 1.807) is 25.3 Å². The molecule has 0 radical (unpaired) electrons. The van der Waals surface area contributed by atoms with Gasteiger partial charge >= 0.3 is 5.97 Å². The van der Waals surface area contributed by atoms with E-state index in [4.69, 9.17) is 4.74 Å². The zero-order chi connectivity index (χ0) is 14.8. The van der Waals surface area contributed by atoms with Gasteiger partial charge in [0, 0.05) is 24.7 Å². The topological polar surface area (TPSA) is 61.8 Å². The van der Waals surface area contributed by atoms with Gasteiger partial charge in [-0.1, -0.05) is 0 Å². The number of ether oxygens (including phenoxy) is 1. The largest absolute Gasteiger partial charge is 0.497 e. The van der Waals surface area contributed by atoms with Crippen LogP contribution in [0, 0.1) is 0 Å². The third-order valence-corrected chi connectivity index (χ3v) is 4.64. The van der Waals surface area contributed by atoms with Crippen LogP contribution >= 0.6 is 0 Å². The highest BCUT2D eigenvalue weighted by Gasteiger charge is 2.32. The predicted octanol–water partition coefficient (Wildman–Crippen LogP) is 2.43. The minimum Gasteiger partial charge on any atom is -0.497 e. The maximum Gasteiger partial charge on any atom is 0.337 e. The molecule has 2 aliphatic rings. The Morgan fingerprint density at radius 3 is 3.00 bits per heavy atom. The van der Waals surface area contributed by atoms with Crippen molar-refractivity contribution >= 4 is 11.7 Å². The van der Waals surface area contributed by atoms with Crippen LogP contribution in [0.3, 0.4) is 0 Å². The molecule has 3 rings (SSSR count). The van der Waals surface area contributed by atoms with Gasteiger partial charge in [-0.25, -0.2) is 4.79 Å². The van der Waals surface area contributed by atoms with Gasteiger partial charge in [-0.15, -0.1) is 0 Å². The fourth-order valence-electron chi connectivity index (χ4n) is 3.53. The Kier molecular flexibility index (Phi) is 4.01. The maximum atomic E-state index is 11.4. The number of piperidine rings is 1. The minimum absolute atomic E-state index is 0.310. The van der Waals surface area contributed by atoms with Gasteiger partial charge in [0.25, 0.3) is 0 Å². The zero-order valence-corrected chi connectivity index (χ0v) is 12.3. The second kappa shape index (κ2) is 5.93. The molecule has 2 unspecified atom stereocenters. The van der Waals surface area contributed by atoms with Crippen LogP contribution in [0.25, 0.3) is 0 Å². The van der Waals surface area contributed by atoms with E-state index in [0.717, 1.165) is 19.4 Å². The van der Waals surface area contributed by atoms with Crippen molar-refractivity contribution in [1.82, 2.24) is 4.90 Å². The van der Waals surface area contributed by atoms with Gasteiger partial charge in [-0.3, -0.25) is 0 Å². The third kappa shape index (κ3) is 2.97. The lowest BCUT2D eigenvalue weighted by Crippen LogP contribution is -2.42. The average Bonchev–Trinajstić information content (AvgIpc) is 2.94. The van der Waals surface area contributed by atoms with E-state index >= 15 is 0 Å². The molecule has 1 aromatic carbocycles. The number of hydrogen-bond acceptors (Lipinski definition) is 4. The highest BCUT2D eigenvalue weighted by Crippen LogP contribution is 2.30. The molecule has 2 fully saturated rings. The van der Waals surface area contributed by atoms with Crippen molar-refractivity contribution in [3.8, 4) is 5.75 Å². The SMILES string of the molecule is COc1ccc(C(=O)O)c(NC2CCN3CCCC3C2)c1. The number of nitrogens with zero attached hydrogens (tertiary/aromatic N) is 1. The molecule has 2 heterocycles. The van der Waals surface area contributed by atoms with Crippen molar-refractivity contribution < 1.29 is 14.6 Å². The molecule has 5 nitrogen and oxygen atoms in total. The summed E-state index contributed by atoms with van der Waals surface area (Å²) in [5.41, 5.74) is 0.975. The van der Waals surface area contributed by atoms with Gasteiger partial charge in [-0.05, 0) is 44.4 Å². The van der Waals surface area contributed by atoms with Crippen LogP contribution in [0.15, 0.2) is 18.2 Å². The summed E-state index contributed by atoms with van der Waals surface area (Å²) in [4.78, 5) is 13.9. The van der Waals surface area contributed by atoms with Gasteiger partial charge in [0.15, 0.2) is 0 Å². The van der Waals surface area contributed by atoms with E-state index in [9.17, 15) is 9.90 Å². The van der Waals surface area contributed by atoms with Crippen LogP contribution in [0.1, 0.15) is 36.0 Å². The smallest absolute Gasteiger partial charge is 0.337 e. The fraction of sp³-hybridized carbons (Fsp3) is 0.562. The number of benzene rings is 1. The molecule has 0 spiro atoms. The van der Waals surface area contributed by atoms with Gasteiger partial charge in [0.1, 0.15) is 5.75 Å². The highest BCUT2D eigenvalue weighted by atomic mass is 16.5. The number of hydrogen-bond donors (Lipinski definition) is 2. The molecule has 0 bridgehead atoms. The first-order valence-corrected chi connectivity index (χ1v) is 7.59. The molecule has 2 atom stereocenters. The summed E-state index contributed by atoms with van der Waals surface area (Å²) < 4.78 is 5.21. The van der Waals surface area contributed by atoms with E-state index in [1.165, 1.54) is 19.4 Å². The van der Waals surface area contributed by atoms with Crippen LogP contribution in [-0.4, -0.2) is 48.3 Å². The van der Waals surface area contributed by atoms with Crippen LogP contribution in [0.5, 0.6) is 5.75 Å². The first kappa shape index (κ1) is 14.2. The van der Waals surface area contributed by atoms with Gasteiger partial charge < -0.3 is 20.1 Å². The lowest BCUT2D eigenvalue weighted by Gasteiger charge is -2.35. The molecule has 114 valence electrons. The molecular formula is C16H22N2O3. The Balaban J connectivity index is 1.75. The molecular weight excluding hydrogens is 268 g/mol. The Labute approximate surface area is 124 Å². The van der Waals surface area contributed by atoms with Crippen molar-refractivity contribution in [1.29, 1.82) is 0 Å². The van der Waals surface area contributed by atoms with Crippen LogP contribution in [0.2, 0.25) is 0 Å². The lowest BCUT2D eigenvalue weighted by molar-refractivity contribution is 0.0698. The quantitative estimate of drug-likeness (QED) is 0.892. The molecule has 2 N–H and O–H groups in total. The summed E-state index contributed by atoms with van der Waals surface area (Å²) in [5.74, 6) is -0.223. The molecule has 5 heteroatoms. The summed E-state index contributed by atoms with van der Waals surface area (Å²) in [6.07, 6.45) is 4.71. The first-order valence-electron chi connectivity index (χ1n) is 7.59. The Morgan fingerprint density at radius 1 is 1.38 bits per heavy atom. The van der Waals surface area contributed by atoms with Crippen molar-refractivity contribution in [2.24, 2.45) is 0 Å². The predicted molar refractivity (Wildman–Crippen MR) is 81.2 cm³/mol. The van der Waals surface area contributed by atoms with E-state index in [-0.39, 0.29) is 0 Å². The number of carboxylic acid groups (broad SMARTS) is 1. The summed E-state index contributed by atoms with van der Waals surface area (Å²) in [6, 6.07) is 6.08. The van der Waals surface area contributed by atoms with E-state index in [0.29, 0.717) is 29.1 Å². The van der Waals surface area contributed by atoms with E-state index in [2.05, 4.69) is 10.2 Å². The van der Waals surface area contributed by atoms with Crippen molar-refractivity contribution in [3.63, 3.8) is 0 Å². The standard InChI is InChI=1S/C16H22N2O3/c1-21-13-4-5-14(16(19)20)15(10-13)17-11-6-8-18-7-2-3-12(18)9-11/h4-5,10-12,17H,2-3,6-9H2,1H3,(H,19,20). The number of rotatable bonds is 4. The lowest BCUT2D eigenvalue weighted by atomic mass is 9.97. The summed E-state index contributed by atoms with van der Waals surface area (Å²) in [5, 5.41) is 12.8. The van der Waals surface area contributed by atoms with Crippen LogP contribution in [0.4, 0.5) is 5.69 Å². The van der Waals surface area contributed by atoms with Gasteiger partial charge in [0.05, 0.1) is 18.4 Å². The molecule has 0 aromatic heterocycles. The molecule has 1 aromatic rings. The van der Waals surface area contributed by atoms with Crippen molar-refractivity contribution in [3.05, 3.63) is 23.8 Å². The molecule has 21 heavy (non-hydrogen) atoms. The number of carbonyl (C=O) groups is 1. The third-order valence-electron chi connectivity index (χ3n) is 4.64. The maximum absolute atomic E-state index is 11.4. The summed E-state index contributed by atoms with van der Waals surface area (Å²) >= 11 is 0. The van der Waals surface area contributed by atoms with Gasteiger partial charge in [0.2, 0.25) is 0 Å². The minimum atomic E-state index is -0.904. The second-order valence-electron chi connectivity index (χ2n) is 5.91. The molecule has 0 aliphatic carbocycles. The summed E-state index contributed by atoms with van der Waals surface area (Å²) in [7, 11) is 1.59. The number of aromatic carboxylic acids is 1. The normalized spacial score (nSPS) is 25.4. The Morgan fingerprint density at radius 2 is 2.24 bits per heavy atom. The number of fused-ring (bicyclic) bond motifs is 1. The number of methoxy groups -OCH3 is 1. The molecule has 2 aliphatic heterocycles. The van der Waals surface area contributed by atoms with Gasteiger partial charge in [-0.2, -0.15) is 0 Å². The van der Waals surface area contributed by atoms with E-state index < -0.39 is 5.97 Å². The highest BCUT2D eigenvalue weighted by molar-refractivity contribution is 5.94. The number of carboxylic acids is 1. The van der Waals surface area contributed by atoms with Crippen LogP contribution < -0.4 is 10.1 Å². The molecule has 0 amide bonds. The average molecular weight is 290 g/mol. The molecule has 0 saturated carbocycles. The zero-order valence-electron chi connectivity index (χ0n) is 12.3. The molecule has 2 saturated heterocycles. The van der Waals surface area contributed by atoms with Crippen molar-refractivity contribution in [2.45, 2.75) is 37.8 Å². The fourth-order valence-corrected chi connectivity index (χ4v) is 3.53. The number of nitrogens with one attached hydrogen (secondary N) is 1. The first-order chi connectivity index (χ1) is 10.2. The second-order valence-corrected chi connectivity index (χ2v) is 5.91. The Bertz CT molecular complexity index is 532. The monoisotopic (exact) mass is 290 g/mol. The van der Waals surface area contributed by atoms with Crippen LogP contribution in [-0.2, 0) is 0 Å². The Hall–Kier alpha value is -1.75. The summed E-state index contributed by atoms with van der Waals surface area (Å²) in [6.45, 7) is 2.33. The van der Waals surface area contributed by atoms with E-state index in [1.807, 2.05) is 0 Å². The number of anilines is 1.